The van der Waals surface area contributed by atoms with Gasteiger partial charge in [0.2, 0.25) is 0 Å². The molecule has 0 atom stereocenters. The number of carbonyl (C=O) groups is 1. The summed E-state index contributed by atoms with van der Waals surface area (Å²) < 4.78 is 1.59. The molecule has 0 radical (unpaired) electrons. The molecule has 1 amide bonds. The molecule has 16 heavy (non-hydrogen) atoms. The zero-order valence-corrected chi connectivity index (χ0v) is 10.1. The third-order valence-electron chi connectivity index (χ3n) is 3.05. The summed E-state index contributed by atoms with van der Waals surface area (Å²) in [6.45, 7) is 0. The summed E-state index contributed by atoms with van der Waals surface area (Å²) in [5, 5.41) is 7.28. The SMILES string of the molecule is Cn1nccc1C(=O)NC1CCC(Cl)CC1. The summed E-state index contributed by atoms with van der Waals surface area (Å²) in [5.74, 6) is -0.0435. The lowest BCUT2D eigenvalue weighted by molar-refractivity contribution is 0.0918. The van der Waals surface area contributed by atoms with Crippen LogP contribution in [0, 0.1) is 0 Å². The summed E-state index contributed by atoms with van der Waals surface area (Å²) in [6, 6.07) is 1.99. The van der Waals surface area contributed by atoms with Gasteiger partial charge in [-0.2, -0.15) is 5.10 Å². The first-order valence-corrected chi connectivity index (χ1v) is 6.03. The van der Waals surface area contributed by atoms with Gasteiger partial charge in [-0.25, -0.2) is 0 Å². The molecule has 0 aromatic carbocycles. The number of hydrogen-bond acceptors (Lipinski definition) is 2. The third-order valence-corrected chi connectivity index (χ3v) is 3.48. The minimum atomic E-state index is -0.0435. The maximum Gasteiger partial charge on any atom is 0.269 e. The van der Waals surface area contributed by atoms with Gasteiger partial charge in [0.15, 0.2) is 0 Å². The van der Waals surface area contributed by atoms with Crippen LogP contribution in [0.15, 0.2) is 12.3 Å². The van der Waals surface area contributed by atoms with Gasteiger partial charge in [-0.05, 0) is 31.7 Å². The average Bonchev–Trinajstić information content (AvgIpc) is 2.68. The topological polar surface area (TPSA) is 46.9 Å². The van der Waals surface area contributed by atoms with Crippen molar-refractivity contribution in [3.05, 3.63) is 18.0 Å². The Morgan fingerprint density at radius 2 is 2.19 bits per heavy atom. The summed E-state index contributed by atoms with van der Waals surface area (Å²) in [7, 11) is 1.77. The fourth-order valence-corrected chi connectivity index (χ4v) is 2.31. The minimum Gasteiger partial charge on any atom is -0.348 e. The Labute approximate surface area is 100.0 Å². The van der Waals surface area contributed by atoms with Gasteiger partial charge < -0.3 is 5.32 Å². The number of nitrogens with one attached hydrogen (secondary N) is 1. The van der Waals surface area contributed by atoms with Crippen molar-refractivity contribution in [3.63, 3.8) is 0 Å². The van der Waals surface area contributed by atoms with Crippen molar-refractivity contribution < 1.29 is 4.79 Å². The van der Waals surface area contributed by atoms with Crippen LogP contribution >= 0.6 is 11.6 Å². The van der Waals surface area contributed by atoms with Crippen molar-refractivity contribution in [1.82, 2.24) is 15.1 Å². The van der Waals surface area contributed by atoms with E-state index in [1.54, 1.807) is 24.0 Å². The fraction of sp³-hybridized carbons (Fsp3) is 0.636. The molecular formula is C11H16ClN3O. The lowest BCUT2D eigenvalue weighted by Crippen LogP contribution is -2.38. The second-order valence-electron chi connectivity index (χ2n) is 4.26. The molecule has 2 rings (SSSR count). The van der Waals surface area contributed by atoms with Crippen molar-refractivity contribution in [3.8, 4) is 0 Å². The molecule has 1 aromatic heterocycles. The van der Waals surface area contributed by atoms with E-state index < -0.39 is 0 Å². The Kier molecular flexibility index (Phi) is 3.49. The van der Waals surface area contributed by atoms with E-state index >= 15 is 0 Å². The standard InChI is InChI=1S/C11H16ClN3O/c1-15-10(6-7-13-15)11(16)14-9-4-2-8(12)3-5-9/h6-9H,2-5H2,1H3,(H,14,16). The highest BCUT2D eigenvalue weighted by atomic mass is 35.5. The molecule has 4 nitrogen and oxygen atoms in total. The van der Waals surface area contributed by atoms with Gasteiger partial charge in [0, 0.05) is 24.7 Å². The number of hydrogen-bond donors (Lipinski definition) is 1. The van der Waals surface area contributed by atoms with Gasteiger partial charge >= 0.3 is 0 Å². The highest BCUT2D eigenvalue weighted by molar-refractivity contribution is 6.20. The number of carbonyl (C=O) groups excluding carboxylic acids is 1. The molecule has 0 unspecified atom stereocenters. The van der Waals surface area contributed by atoms with Crippen LogP contribution in [0.3, 0.4) is 0 Å². The molecule has 1 N–H and O–H groups in total. The fourth-order valence-electron chi connectivity index (χ4n) is 2.05. The summed E-state index contributed by atoms with van der Waals surface area (Å²) in [6.07, 6.45) is 5.54. The van der Waals surface area contributed by atoms with Gasteiger partial charge in [0.05, 0.1) is 0 Å². The van der Waals surface area contributed by atoms with Gasteiger partial charge in [-0.1, -0.05) is 0 Å². The van der Waals surface area contributed by atoms with E-state index in [0.29, 0.717) is 5.69 Å². The molecule has 1 aliphatic carbocycles. The van der Waals surface area contributed by atoms with E-state index in [0.717, 1.165) is 25.7 Å². The molecule has 0 spiro atoms. The first kappa shape index (κ1) is 11.5. The molecule has 1 aromatic rings. The van der Waals surface area contributed by atoms with Crippen LogP contribution in [0.4, 0.5) is 0 Å². The molecule has 1 fully saturated rings. The first-order valence-electron chi connectivity index (χ1n) is 5.60. The summed E-state index contributed by atoms with van der Waals surface area (Å²) >= 11 is 6.02. The molecule has 88 valence electrons. The van der Waals surface area contributed by atoms with Crippen LogP contribution in [0.1, 0.15) is 36.2 Å². The lowest BCUT2D eigenvalue weighted by Gasteiger charge is -2.25. The molecule has 0 bridgehead atoms. The van der Waals surface area contributed by atoms with Gasteiger partial charge in [-0.3, -0.25) is 9.48 Å². The minimum absolute atomic E-state index is 0.0435. The van der Waals surface area contributed by atoms with Crippen LogP contribution in [-0.2, 0) is 7.05 Å². The number of halogens is 1. The number of amides is 1. The van der Waals surface area contributed by atoms with Crippen molar-refractivity contribution >= 4 is 17.5 Å². The van der Waals surface area contributed by atoms with Crippen LogP contribution in [0.2, 0.25) is 0 Å². The van der Waals surface area contributed by atoms with E-state index in [4.69, 9.17) is 11.6 Å². The predicted molar refractivity (Wildman–Crippen MR) is 62.6 cm³/mol. The summed E-state index contributed by atoms with van der Waals surface area (Å²) in [4.78, 5) is 11.9. The van der Waals surface area contributed by atoms with Crippen LogP contribution < -0.4 is 5.32 Å². The Hall–Kier alpha value is -1.03. The average molecular weight is 242 g/mol. The van der Waals surface area contributed by atoms with Crippen LogP contribution in [0.5, 0.6) is 0 Å². The van der Waals surface area contributed by atoms with Gasteiger partial charge in [-0.15, -0.1) is 11.6 Å². The van der Waals surface area contributed by atoms with E-state index in [-0.39, 0.29) is 17.3 Å². The highest BCUT2D eigenvalue weighted by Crippen LogP contribution is 2.22. The van der Waals surface area contributed by atoms with Crippen molar-refractivity contribution in [1.29, 1.82) is 0 Å². The lowest BCUT2D eigenvalue weighted by atomic mass is 9.95. The van der Waals surface area contributed by atoms with Crippen molar-refractivity contribution in [2.75, 3.05) is 0 Å². The Balaban J connectivity index is 1.91. The second-order valence-corrected chi connectivity index (χ2v) is 4.88. The number of nitrogens with zero attached hydrogens (tertiary/aromatic N) is 2. The number of aryl methyl sites for hydroxylation is 1. The maximum absolute atomic E-state index is 11.9. The quantitative estimate of drug-likeness (QED) is 0.802. The third kappa shape index (κ3) is 2.55. The number of aromatic nitrogens is 2. The highest BCUT2D eigenvalue weighted by Gasteiger charge is 2.22. The Morgan fingerprint density at radius 1 is 1.50 bits per heavy atom. The van der Waals surface area contributed by atoms with Gasteiger partial charge in [0.1, 0.15) is 5.69 Å². The van der Waals surface area contributed by atoms with Crippen LogP contribution in [-0.4, -0.2) is 27.1 Å². The Bertz CT molecular complexity index is 369. The molecule has 1 aliphatic rings. The van der Waals surface area contributed by atoms with E-state index in [9.17, 15) is 4.79 Å². The zero-order chi connectivity index (χ0) is 11.5. The predicted octanol–water partition coefficient (Wildman–Crippen LogP) is 1.70. The Morgan fingerprint density at radius 3 is 2.75 bits per heavy atom. The molecule has 0 aliphatic heterocycles. The summed E-state index contributed by atoms with van der Waals surface area (Å²) in [5.41, 5.74) is 0.605. The van der Waals surface area contributed by atoms with E-state index in [1.165, 1.54) is 0 Å². The van der Waals surface area contributed by atoms with Crippen molar-refractivity contribution in [2.24, 2.45) is 7.05 Å². The van der Waals surface area contributed by atoms with E-state index in [2.05, 4.69) is 10.4 Å². The van der Waals surface area contributed by atoms with Gasteiger partial charge in [0.25, 0.3) is 5.91 Å². The monoisotopic (exact) mass is 241 g/mol. The maximum atomic E-state index is 11.9. The van der Waals surface area contributed by atoms with Crippen LogP contribution in [0.25, 0.3) is 0 Å². The molecule has 1 saturated carbocycles. The van der Waals surface area contributed by atoms with Crippen molar-refractivity contribution in [2.45, 2.75) is 37.1 Å². The normalized spacial score (nSPS) is 25.4. The smallest absolute Gasteiger partial charge is 0.269 e. The molecule has 1 heterocycles. The number of alkyl halides is 1. The number of rotatable bonds is 2. The second kappa shape index (κ2) is 4.87. The van der Waals surface area contributed by atoms with E-state index in [1.807, 2.05) is 0 Å². The largest absolute Gasteiger partial charge is 0.348 e. The molecule has 5 heteroatoms. The first-order chi connectivity index (χ1) is 7.66. The molecular weight excluding hydrogens is 226 g/mol. The zero-order valence-electron chi connectivity index (χ0n) is 9.32. The molecule has 0 saturated heterocycles.